The number of H-pyrrole nitrogens is 1. The highest BCUT2D eigenvalue weighted by Crippen LogP contribution is 2.36. The molecule has 7 heteroatoms. The number of carbonyl (C=O) groups is 2. The normalized spacial score (nSPS) is 21.0. The minimum atomic E-state index is -0.924. The average Bonchev–Trinajstić information content (AvgIpc) is 3.22. The number of benzene rings is 1. The van der Waals surface area contributed by atoms with Gasteiger partial charge in [-0.2, -0.15) is 5.10 Å². The zero-order valence-corrected chi connectivity index (χ0v) is 14.7. The summed E-state index contributed by atoms with van der Waals surface area (Å²) >= 11 is 3.55. The maximum Gasteiger partial charge on any atom is 0.304 e. The van der Waals surface area contributed by atoms with Crippen LogP contribution in [-0.4, -0.2) is 38.6 Å². The molecule has 1 atom stereocenters. The van der Waals surface area contributed by atoms with E-state index in [0.29, 0.717) is 18.9 Å². The van der Waals surface area contributed by atoms with Gasteiger partial charge in [0.05, 0.1) is 24.1 Å². The molecule has 0 bridgehead atoms. The van der Waals surface area contributed by atoms with E-state index in [-0.39, 0.29) is 12.3 Å². The molecule has 1 aromatic carbocycles. The third-order valence-electron chi connectivity index (χ3n) is 4.96. The number of nitrogens with one attached hydrogen (secondary N) is 1. The smallest absolute Gasteiger partial charge is 0.304 e. The first-order valence-electron chi connectivity index (χ1n) is 8.17. The van der Waals surface area contributed by atoms with Crippen LogP contribution in [0.4, 0.5) is 0 Å². The molecule has 0 radical (unpaired) electrons. The second-order valence-electron chi connectivity index (χ2n) is 6.82. The second-order valence-corrected chi connectivity index (χ2v) is 7.67. The van der Waals surface area contributed by atoms with Crippen LogP contribution >= 0.6 is 15.9 Å². The van der Waals surface area contributed by atoms with Gasteiger partial charge in [-0.1, -0.05) is 0 Å². The number of carboxylic acids is 1. The van der Waals surface area contributed by atoms with Gasteiger partial charge in [0.25, 0.3) is 0 Å². The molecule has 1 aliphatic heterocycles. The number of nitrogens with zero attached hydrogens (tertiary/aromatic N) is 2. The second kappa shape index (κ2) is 5.88. The van der Waals surface area contributed by atoms with E-state index in [4.69, 9.17) is 0 Å². The molecule has 1 fully saturated rings. The van der Waals surface area contributed by atoms with Gasteiger partial charge in [0.1, 0.15) is 0 Å². The van der Waals surface area contributed by atoms with Crippen molar-refractivity contribution < 1.29 is 14.7 Å². The van der Waals surface area contributed by atoms with Crippen LogP contribution in [0.25, 0.3) is 10.9 Å². The van der Waals surface area contributed by atoms with Gasteiger partial charge in [0, 0.05) is 22.9 Å². The summed E-state index contributed by atoms with van der Waals surface area (Å²) in [6, 6.07) is 2.00. The molecule has 1 amide bonds. The summed E-state index contributed by atoms with van der Waals surface area (Å²) in [5.41, 5.74) is 3.04. The number of rotatable bonds is 4. The van der Waals surface area contributed by atoms with Gasteiger partial charge < -0.3 is 10.0 Å². The molecule has 0 spiro atoms. The molecule has 2 aliphatic rings. The Bertz CT molecular complexity index is 828. The van der Waals surface area contributed by atoms with Gasteiger partial charge >= 0.3 is 5.97 Å². The van der Waals surface area contributed by atoms with Crippen molar-refractivity contribution >= 4 is 38.7 Å². The number of carbonyl (C=O) groups excluding carboxylic acids is 1. The van der Waals surface area contributed by atoms with E-state index in [9.17, 15) is 14.7 Å². The molecule has 1 saturated carbocycles. The van der Waals surface area contributed by atoms with Crippen LogP contribution in [0.1, 0.15) is 30.4 Å². The van der Waals surface area contributed by atoms with Gasteiger partial charge in [-0.15, -0.1) is 0 Å². The topological polar surface area (TPSA) is 86.3 Å². The third kappa shape index (κ3) is 2.81. The summed E-state index contributed by atoms with van der Waals surface area (Å²) in [7, 11) is 0. The number of carboxylic acid groups (broad SMARTS) is 1. The van der Waals surface area contributed by atoms with Crippen LogP contribution in [0.2, 0.25) is 0 Å². The highest BCUT2D eigenvalue weighted by Gasteiger charge is 2.35. The van der Waals surface area contributed by atoms with Crippen LogP contribution in [-0.2, 0) is 22.6 Å². The number of halogens is 1. The van der Waals surface area contributed by atoms with Crippen molar-refractivity contribution in [1.82, 2.24) is 15.1 Å². The Labute approximate surface area is 147 Å². The highest BCUT2D eigenvalue weighted by atomic mass is 79.9. The van der Waals surface area contributed by atoms with Gasteiger partial charge in [-0.3, -0.25) is 14.7 Å². The molecule has 6 nitrogen and oxygen atoms in total. The van der Waals surface area contributed by atoms with Crippen molar-refractivity contribution in [1.29, 1.82) is 0 Å². The highest BCUT2D eigenvalue weighted by molar-refractivity contribution is 9.10. The SMILES string of the molecule is O=C(O)C[C@@H]1Cc2cc(Br)c3[nH]ncc3c2CN(CC2CC2)C1=O. The summed E-state index contributed by atoms with van der Waals surface area (Å²) in [4.78, 5) is 26.0. The van der Waals surface area contributed by atoms with E-state index in [1.165, 1.54) is 0 Å². The summed E-state index contributed by atoms with van der Waals surface area (Å²) < 4.78 is 0.894. The first kappa shape index (κ1) is 15.6. The fourth-order valence-corrected chi connectivity index (χ4v) is 4.15. The summed E-state index contributed by atoms with van der Waals surface area (Å²) in [5, 5.41) is 17.3. The first-order chi connectivity index (χ1) is 11.5. The molecule has 4 rings (SSSR count). The van der Waals surface area contributed by atoms with Crippen molar-refractivity contribution in [3.05, 3.63) is 27.9 Å². The molecule has 126 valence electrons. The van der Waals surface area contributed by atoms with Crippen molar-refractivity contribution in [2.45, 2.75) is 32.2 Å². The van der Waals surface area contributed by atoms with Crippen molar-refractivity contribution in [3.8, 4) is 0 Å². The van der Waals surface area contributed by atoms with Gasteiger partial charge in [0.15, 0.2) is 0 Å². The maximum absolute atomic E-state index is 12.9. The molecule has 0 saturated heterocycles. The maximum atomic E-state index is 12.9. The minimum absolute atomic E-state index is 0.0340. The summed E-state index contributed by atoms with van der Waals surface area (Å²) in [6.07, 6.45) is 4.43. The average molecular weight is 392 g/mol. The lowest BCUT2D eigenvalue weighted by Crippen LogP contribution is -2.36. The van der Waals surface area contributed by atoms with Crippen molar-refractivity contribution in [2.24, 2.45) is 11.8 Å². The number of aliphatic carboxylic acids is 1. The monoisotopic (exact) mass is 391 g/mol. The van der Waals surface area contributed by atoms with Crippen molar-refractivity contribution in [2.75, 3.05) is 6.54 Å². The fraction of sp³-hybridized carbons (Fsp3) is 0.471. The molecule has 1 aliphatic carbocycles. The van der Waals surface area contributed by atoms with Crippen LogP contribution in [0.5, 0.6) is 0 Å². The predicted octanol–water partition coefficient (Wildman–Crippen LogP) is 2.71. The van der Waals surface area contributed by atoms with E-state index in [2.05, 4.69) is 26.1 Å². The largest absolute Gasteiger partial charge is 0.481 e. The Kier molecular flexibility index (Phi) is 3.83. The number of fused-ring (bicyclic) bond motifs is 3. The van der Waals surface area contributed by atoms with E-state index in [0.717, 1.165) is 45.9 Å². The summed E-state index contributed by atoms with van der Waals surface area (Å²) in [6.45, 7) is 1.26. The quantitative estimate of drug-likeness (QED) is 0.838. The third-order valence-corrected chi connectivity index (χ3v) is 5.59. The van der Waals surface area contributed by atoms with E-state index >= 15 is 0 Å². The molecule has 24 heavy (non-hydrogen) atoms. The van der Waals surface area contributed by atoms with Gasteiger partial charge in [-0.05, 0) is 58.3 Å². The number of aromatic amines is 1. The lowest BCUT2D eigenvalue weighted by Gasteiger charge is -2.24. The lowest BCUT2D eigenvalue weighted by molar-refractivity contribution is -0.144. The molecule has 2 heterocycles. The Morgan fingerprint density at radius 3 is 2.96 bits per heavy atom. The Hall–Kier alpha value is -1.89. The summed E-state index contributed by atoms with van der Waals surface area (Å²) in [5.74, 6) is -0.894. The Morgan fingerprint density at radius 1 is 1.46 bits per heavy atom. The molecule has 2 N–H and O–H groups in total. The van der Waals surface area contributed by atoms with Gasteiger partial charge in [0.2, 0.25) is 5.91 Å². The van der Waals surface area contributed by atoms with Crippen LogP contribution in [0, 0.1) is 11.8 Å². The zero-order chi connectivity index (χ0) is 16.8. The number of hydrogen-bond acceptors (Lipinski definition) is 3. The number of amides is 1. The van der Waals surface area contributed by atoms with Gasteiger partial charge in [-0.25, -0.2) is 0 Å². The number of aromatic nitrogens is 2. The predicted molar refractivity (Wildman–Crippen MR) is 91.4 cm³/mol. The molecule has 0 unspecified atom stereocenters. The lowest BCUT2D eigenvalue weighted by atomic mass is 9.93. The number of hydrogen-bond donors (Lipinski definition) is 2. The molecular weight excluding hydrogens is 374 g/mol. The van der Waals surface area contributed by atoms with Crippen LogP contribution < -0.4 is 0 Å². The molecule has 1 aromatic heterocycles. The molecular formula is C17H18BrN3O3. The zero-order valence-electron chi connectivity index (χ0n) is 13.1. The van der Waals surface area contributed by atoms with E-state index in [1.807, 2.05) is 11.0 Å². The van der Waals surface area contributed by atoms with E-state index < -0.39 is 11.9 Å². The standard InChI is InChI=1S/C17H18BrN3O3/c18-14-4-10-3-11(5-15(22)23)17(24)21(7-9-1-2-9)8-13(10)12-6-19-20-16(12)14/h4,6,9,11H,1-3,5,7-8H2,(H,19,20)(H,22,23)/t11-/m0/s1. The van der Waals surface area contributed by atoms with Crippen LogP contribution in [0.3, 0.4) is 0 Å². The van der Waals surface area contributed by atoms with E-state index in [1.54, 1.807) is 6.20 Å². The fourth-order valence-electron chi connectivity index (χ4n) is 3.57. The van der Waals surface area contributed by atoms with Crippen molar-refractivity contribution in [3.63, 3.8) is 0 Å². The first-order valence-corrected chi connectivity index (χ1v) is 8.96. The van der Waals surface area contributed by atoms with Crippen LogP contribution in [0.15, 0.2) is 16.7 Å². The molecule has 2 aromatic rings. The Morgan fingerprint density at radius 2 is 2.25 bits per heavy atom. The Balaban J connectivity index is 1.79. The minimum Gasteiger partial charge on any atom is -0.481 e.